The quantitative estimate of drug-likeness (QED) is 0.555. The van der Waals surface area contributed by atoms with E-state index in [1.54, 1.807) is 19.2 Å². The lowest BCUT2D eigenvalue weighted by Gasteiger charge is -2.35. The smallest absolute Gasteiger partial charge is 0.240 e. The molecule has 0 radical (unpaired) electrons. The zero-order chi connectivity index (χ0) is 21.6. The summed E-state index contributed by atoms with van der Waals surface area (Å²) in [5.74, 6) is 2.02. The Bertz CT molecular complexity index is 916. The van der Waals surface area contributed by atoms with Crippen LogP contribution in [0.15, 0.2) is 52.3 Å². The van der Waals surface area contributed by atoms with Crippen LogP contribution in [-0.4, -0.2) is 51.9 Å². The van der Waals surface area contributed by atoms with Crippen LogP contribution in [0.3, 0.4) is 0 Å². The number of thioether (sulfide) groups is 1. The SMILES string of the molecule is CCCN(CCCNS(=O)(=O)c1ccc(C)cc1)C1CSc2cccc(OC)c2C1. The first kappa shape index (κ1) is 23.1. The van der Waals surface area contributed by atoms with E-state index in [0.29, 0.717) is 17.5 Å². The van der Waals surface area contributed by atoms with Crippen LogP contribution in [0.2, 0.25) is 0 Å². The van der Waals surface area contributed by atoms with E-state index in [-0.39, 0.29) is 0 Å². The van der Waals surface area contributed by atoms with Gasteiger partial charge in [-0.15, -0.1) is 11.8 Å². The van der Waals surface area contributed by atoms with Gasteiger partial charge in [-0.3, -0.25) is 4.90 Å². The molecule has 1 aliphatic heterocycles. The molecule has 0 amide bonds. The van der Waals surface area contributed by atoms with E-state index in [4.69, 9.17) is 4.74 Å². The highest BCUT2D eigenvalue weighted by molar-refractivity contribution is 7.99. The minimum Gasteiger partial charge on any atom is -0.496 e. The number of sulfonamides is 1. The van der Waals surface area contributed by atoms with Crippen molar-refractivity contribution in [1.29, 1.82) is 0 Å². The molecular formula is C23H32N2O3S2. The second kappa shape index (κ2) is 10.7. The highest BCUT2D eigenvalue weighted by Gasteiger charge is 2.26. The van der Waals surface area contributed by atoms with Crippen LogP contribution >= 0.6 is 11.8 Å². The summed E-state index contributed by atoms with van der Waals surface area (Å²) in [6.07, 6.45) is 2.83. The van der Waals surface area contributed by atoms with Crippen LogP contribution in [0.25, 0.3) is 0 Å². The van der Waals surface area contributed by atoms with Gasteiger partial charge in [0.1, 0.15) is 5.75 Å². The lowest BCUT2D eigenvalue weighted by atomic mass is 10.0. The van der Waals surface area contributed by atoms with Crippen LogP contribution < -0.4 is 9.46 Å². The third-order valence-corrected chi connectivity index (χ3v) is 8.18. The summed E-state index contributed by atoms with van der Waals surface area (Å²) < 4.78 is 33.3. The molecular weight excluding hydrogens is 416 g/mol. The summed E-state index contributed by atoms with van der Waals surface area (Å²) in [4.78, 5) is 4.14. The average molecular weight is 449 g/mol. The normalized spacial score (nSPS) is 16.5. The standard InChI is InChI=1S/C23H32N2O3S2/c1-4-14-25(19-16-21-22(28-3)7-5-8-23(21)29-17-19)15-6-13-24-30(26,27)20-11-9-18(2)10-12-20/h5,7-12,19,24H,4,6,13-17H2,1-3H3. The molecule has 0 fully saturated rings. The molecule has 0 saturated heterocycles. The Hall–Kier alpha value is -1.54. The van der Waals surface area contributed by atoms with Gasteiger partial charge in [-0.05, 0) is 63.5 Å². The van der Waals surface area contributed by atoms with Gasteiger partial charge in [0.05, 0.1) is 12.0 Å². The molecule has 0 spiro atoms. The Balaban J connectivity index is 1.57. The number of hydrogen-bond acceptors (Lipinski definition) is 5. The maximum atomic E-state index is 12.5. The number of rotatable bonds is 10. The summed E-state index contributed by atoms with van der Waals surface area (Å²) >= 11 is 1.89. The highest BCUT2D eigenvalue weighted by atomic mass is 32.2. The molecule has 164 valence electrons. The molecule has 30 heavy (non-hydrogen) atoms. The lowest BCUT2D eigenvalue weighted by molar-refractivity contribution is 0.206. The third-order valence-electron chi connectivity index (χ3n) is 5.45. The third kappa shape index (κ3) is 5.78. The number of aryl methyl sites for hydroxylation is 1. The molecule has 7 heteroatoms. The number of methoxy groups -OCH3 is 1. The minimum atomic E-state index is -3.45. The van der Waals surface area contributed by atoms with Crippen molar-refractivity contribution in [2.45, 2.75) is 48.9 Å². The van der Waals surface area contributed by atoms with Gasteiger partial charge in [0.15, 0.2) is 0 Å². The molecule has 1 unspecified atom stereocenters. The first-order valence-corrected chi connectivity index (χ1v) is 13.0. The van der Waals surface area contributed by atoms with Crippen molar-refractivity contribution >= 4 is 21.8 Å². The van der Waals surface area contributed by atoms with E-state index in [1.165, 1.54) is 10.5 Å². The van der Waals surface area contributed by atoms with E-state index < -0.39 is 10.0 Å². The van der Waals surface area contributed by atoms with E-state index >= 15 is 0 Å². The number of hydrogen-bond donors (Lipinski definition) is 1. The van der Waals surface area contributed by atoms with Gasteiger partial charge >= 0.3 is 0 Å². The summed E-state index contributed by atoms with van der Waals surface area (Å²) in [5.41, 5.74) is 2.34. The van der Waals surface area contributed by atoms with Crippen LogP contribution in [0.5, 0.6) is 5.75 Å². The van der Waals surface area contributed by atoms with Gasteiger partial charge in [-0.25, -0.2) is 13.1 Å². The largest absolute Gasteiger partial charge is 0.496 e. The first-order chi connectivity index (χ1) is 14.4. The minimum absolute atomic E-state index is 0.325. The predicted octanol–water partition coefficient (Wildman–Crippen LogP) is 4.10. The number of nitrogens with one attached hydrogen (secondary N) is 1. The van der Waals surface area contributed by atoms with Gasteiger partial charge < -0.3 is 4.74 Å². The Morgan fingerprint density at radius 2 is 1.93 bits per heavy atom. The van der Waals surface area contributed by atoms with Gasteiger partial charge in [0.25, 0.3) is 0 Å². The number of nitrogens with zero attached hydrogens (tertiary/aromatic N) is 1. The van der Waals surface area contributed by atoms with Crippen LogP contribution in [0.4, 0.5) is 0 Å². The number of ether oxygens (including phenoxy) is 1. The molecule has 5 nitrogen and oxygen atoms in total. The van der Waals surface area contributed by atoms with Crippen molar-refractivity contribution in [3.05, 3.63) is 53.6 Å². The Morgan fingerprint density at radius 3 is 2.63 bits per heavy atom. The fourth-order valence-corrected chi connectivity index (χ4v) is 6.15. The van der Waals surface area contributed by atoms with Crippen molar-refractivity contribution in [3.63, 3.8) is 0 Å². The Kier molecular flexibility index (Phi) is 8.22. The fraction of sp³-hybridized carbons (Fsp3) is 0.478. The Labute approximate surface area is 185 Å². The van der Waals surface area contributed by atoms with Gasteiger partial charge in [-0.2, -0.15) is 0 Å². The van der Waals surface area contributed by atoms with Crippen LogP contribution in [0, 0.1) is 6.92 Å². The molecule has 2 aromatic rings. The maximum Gasteiger partial charge on any atom is 0.240 e. The molecule has 2 aromatic carbocycles. The van der Waals surface area contributed by atoms with Gasteiger partial charge in [0.2, 0.25) is 10.0 Å². The molecule has 3 rings (SSSR count). The van der Waals surface area contributed by atoms with E-state index in [0.717, 1.165) is 49.4 Å². The predicted molar refractivity (Wildman–Crippen MR) is 124 cm³/mol. The highest BCUT2D eigenvalue weighted by Crippen LogP contribution is 2.37. The number of fused-ring (bicyclic) bond motifs is 1. The summed E-state index contributed by atoms with van der Waals surface area (Å²) in [6.45, 7) is 6.47. The molecule has 1 N–H and O–H groups in total. The number of benzene rings is 2. The fourth-order valence-electron chi connectivity index (χ4n) is 3.84. The summed E-state index contributed by atoms with van der Waals surface area (Å²) in [5, 5.41) is 0. The van der Waals surface area contributed by atoms with E-state index in [2.05, 4.69) is 28.7 Å². The second-order valence-electron chi connectivity index (χ2n) is 7.71. The zero-order valence-corrected chi connectivity index (χ0v) is 19.7. The van der Waals surface area contributed by atoms with Crippen molar-refractivity contribution < 1.29 is 13.2 Å². The monoisotopic (exact) mass is 448 g/mol. The van der Waals surface area contributed by atoms with Gasteiger partial charge in [0, 0.05) is 28.8 Å². The van der Waals surface area contributed by atoms with E-state index in [9.17, 15) is 8.42 Å². The van der Waals surface area contributed by atoms with Crippen molar-refractivity contribution in [3.8, 4) is 5.75 Å². The average Bonchev–Trinajstić information content (AvgIpc) is 2.75. The van der Waals surface area contributed by atoms with Gasteiger partial charge in [-0.1, -0.05) is 30.7 Å². The lowest BCUT2D eigenvalue weighted by Crippen LogP contribution is -2.42. The molecule has 0 aliphatic carbocycles. The molecule has 0 bridgehead atoms. The first-order valence-electron chi connectivity index (χ1n) is 10.5. The molecule has 0 aromatic heterocycles. The molecule has 1 atom stereocenters. The molecule has 1 aliphatic rings. The van der Waals surface area contributed by atoms with Crippen LogP contribution in [0.1, 0.15) is 30.9 Å². The molecule has 1 heterocycles. The van der Waals surface area contributed by atoms with Crippen LogP contribution in [-0.2, 0) is 16.4 Å². The van der Waals surface area contributed by atoms with E-state index in [1.807, 2.05) is 36.9 Å². The Morgan fingerprint density at radius 1 is 1.17 bits per heavy atom. The second-order valence-corrected chi connectivity index (χ2v) is 10.5. The van der Waals surface area contributed by atoms with Crippen molar-refractivity contribution in [1.82, 2.24) is 9.62 Å². The maximum absolute atomic E-state index is 12.5. The van der Waals surface area contributed by atoms with Crippen molar-refractivity contribution in [2.75, 3.05) is 32.5 Å². The summed E-state index contributed by atoms with van der Waals surface area (Å²) in [6, 6.07) is 13.7. The summed E-state index contributed by atoms with van der Waals surface area (Å²) in [7, 11) is -1.72. The van der Waals surface area contributed by atoms with Crippen molar-refractivity contribution in [2.24, 2.45) is 0 Å². The zero-order valence-electron chi connectivity index (χ0n) is 18.1. The molecule has 0 saturated carbocycles. The topological polar surface area (TPSA) is 58.6 Å².